The van der Waals surface area contributed by atoms with Crippen molar-refractivity contribution >= 4 is 5.91 Å². The maximum atomic E-state index is 12.7. The molecule has 0 bridgehead atoms. The van der Waals surface area contributed by atoms with Crippen molar-refractivity contribution in [2.45, 2.75) is 24.8 Å². The molecule has 2 atom stereocenters. The first-order valence-electron chi connectivity index (χ1n) is 5.17. The minimum absolute atomic E-state index is 0.426. The minimum atomic E-state index is -4.82. The van der Waals surface area contributed by atoms with E-state index in [1.54, 1.807) is 0 Å². The molecule has 0 saturated carbocycles. The second kappa shape index (κ2) is 5.45. The number of aromatic hydroxyl groups is 1. The molecule has 1 aromatic carbocycles. The minimum Gasteiger partial charge on any atom is -0.508 e. The second-order valence-corrected chi connectivity index (χ2v) is 3.95. The molecular weight excluding hydrogens is 267 g/mol. The van der Waals surface area contributed by atoms with E-state index < -0.39 is 47.6 Å². The van der Waals surface area contributed by atoms with Crippen molar-refractivity contribution in [2.24, 2.45) is 5.73 Å². The van der Waals surface area contributed by atoms with Crippen molar-refractivity contribution in [1.82, 2.24) is 0 Å². The van der Waals surface area contributed by atoms with Crippen LogP contribution in [0.5, 0.6) is 5.75 Å². The Morgan fingerprint density at radius 2 is 1.89 bits per heavy atom. The second-order valence-electron chi connectivity index (χ2n) is 3.95. The number of phenolic OH excluding ortho intramolecular Hbond substituents is 1. The van der Waals surface area contributed by atoms with Gasteiger partial charge in [0, 0.05) is 0 Å². The van der Waals surface area contributed by atoms with Crippen LogP contribution in [0.2, 0.25) is 0 Å². The molecule has 5 N–H and O–H groups in total. The van der Waals surface area contributed by atoms with Crippen LogP contribution in [0, 0.1) is 0 Å². The van der Waals surface area contributed by atoms with E-state index in [9.17, 15) is 28.2 Å². The molecule has 0 spiro atoms. The number of hydrogen-bond acceptors (Lipinski definition) is 4. The standard InChI is InChI=1S/C11H12F3NO4/c12-11(13,14)7-3-5(16)1-2-6(7)10(19)8(17)4-9(15)18/h1-3,8,10,16-17,19H,4H2,(H2,15,18). The summed E-state index contributed by atoms with van der Waals surface area (Å²) in [4.78, 5) is 10.6. The third-order valence-electron chi connectivity index (χ3n) is 2.44. The van der Waals surface area contributed by atoms with Crippen molar-refractivity contribution < 1.29 is 33.3 Å². The Hall–Kier alpha value is -1.80. The van der Waals surface area contributed by atoms with E-state index in [0.29, 0.717) is 6.07 Å². The summed E-state index contributed by atoms with van der Waals surface area (Å²) in [5, 5.41) is 28.1. The predicted molar refractivity (Wildman–Crippen MR) is 57.9 cm³/mol. The molecule has 19 heavy (non-hydrogen) atoms. The number of aliphatic hydroxyl groups excluding tert-OH is 2. The maximum Gasteiger partial charge on any atom is 0.416 e. The van der Waals surface area contributed by atoms with Crippen molar-refractivity contribution in [3.05, 3.63) is 29.3 Å². The lowest BCUT2D eigenvalue weighted by Gasteiger charge is -2.21. The SMILES string of the molecule is NC(=O)CC(O)C(O)c1ccc(O)cc1C(F)(F)F. The number of phenols is 1. The van der Waals surface area contributed by atoms with Crippen LogP contribution >= 0.6 is 0 Å². The van der Waals surface area contributed by atoms with Crippen LogP contribution in [0.3, 0.4) is 0 Å². The molecule has 0 aromatic heterocycles. The van der Waals surface area contributed by atoms with Crippen molar-refractivity contribution in [1.29, 1.82) is 0 Å². The lowest BCUT2D eigenvalue weighted by atomic mass is 9.96. The number of amides is 1. The molecule has 0 fully saturated rings. The first kappa shape index (κ1) is 15.3. The molecule has 0 saturated heterocycles. The predicted octanol–water partition coefficient (Wildman–Crippen LogP) is 0.681. The molecule has 5 nitrogen and oxygen atoms in total. The first-order valence-corrected chi connectivity index (χ1v) is 5.17. The summed E-state index contributed by atoms with van der Waals surface area (Å²) in [5.74, 6) is -1.59. The number of hydrogen-bond donors (Lipinski definition) is 4. The van der Waals surface area contributed by atoms with Crippen molar-refractivity contribution in [3.63, 3.8) is 0 Å². The van der Waals surface area contributed by atoms with Gasteiger partial charge in [-0.3, -0.25) is 4.79 Å². The van der Waals surface area contributed by atoms with Gasteiger partial charge >= 0.3 is 6.18 Å². The zero-order chi connectivity index (χ0) is 14.8. The molecular formula is C11H12F3NO4. The molecule has 0 aliphatic carbocycles. The molecule has 0 radical (unpaired) electrons. The van der Waals surface area contributed by atoms with E-state index in [1.807, 2.05) is 0 Å². The Labute approximate surface area is 106 Å². The Bertz CT molecular complexity index is 475. The number of halogens is 3. The van der Waals surface area contributed by atoms with Gasteiger partial charge < -0.3 is 21.1 Å². The van der Waals surface area contributed by atoms with Crippen LogP contribution in [0.1, 0.15) is 23.7 Å². The average molecular weight is 279 g/mol. The monoisotopic (exact) mass is 279 g/mol. The van der Waals surface area contributed by atoms with Crippen LogP contribution in [-0.4, -0.2) is 27.3 Å². The van der Waals surface area contributed by atoms with Crippen LogP contribution in [0.25, 0.3) is 0 Å². The summed E-state index contributed by atoms with van der Waals surface area (Å²) < 4.78 is 38.2. The molecule has 8 heteroatoms. The van der Waals surface area contributed by atoms with Gasteiger partial charge in [-0.15, -0.1) is 0 Å². The van der Waals surface area contributed by atoms with Gasteiger partial charge in [-0.2, -0.15) is 13.2 Å². The van der Waals surface area contributed by atoms with Crippen LogP contribution in [-0.2, 0) is 11.0 Å². The van der Waals surface area contributed by atoms with E-state index >= 15 is 0 Å². The van der Waals surface area contributed by atoms with Gasteiger partial charge in [0.25, 0.3) is 0 Å². The van der Waals surface area contributed by atoms with Gasteiger partial charge in [-0.1, -0.05) is 6.07 Å². The van der Waals surface area contributed by atoms with Gasteiger partial charge in [-0.25, -0.2) is 0 Å². The van der Waals surface area contributed by atoms with Crippen LogP contribution in [0.15, 0.2) is 18.2 Å². The highest BCUT2D eigenvalue weighted by Crippen LogP contribution is 2.37. The smallest absolute Gasteiger partial charge is 0.416 e. The molecule has 1 aromatic rings. The maximum absolute atomic E-state index is 12.7. The summed E-state index contributed by atoms with van der Waals surface area (Å²) in [6.45, 7) is 0. The number of primary amides is 1. The normalized spacial score (nSPS) is 15.0. The molecule has 106 valence electrons. The molecule has 1 amide bonds. The summed E-state index contributed by atoms with van der Waals surface area (Å²) in [6, 6.07) is 2.19. The molecule has 0 heterocycles. The number of nitrogens with two attached hydrogens (primary N) is 1. The van der Waals surface area contributed by atoms with Gasteiger partial charge in [0.05, 0.1) is 18.1 Å². The fourth-order valence-electron chi connectivity index (χ4n) is 1.57. The first-order chi connectivity index (χ1) is 8.62. The fourth-order valence-corrected chi connectivity index (χ4v) is 1.57. The zero-order valence-corrected chi connectivity index (χ0v) is 9.55. The molecule has 0 aliphatic rings. The van der Waals surface area contributed by atoms with Gasteiger partial charge in [0.2, 0.25) is 5.91 Å². The number of benzene rings is 1. The van der Waals surface area contributed by atoms with Crippen LogP contribution in [0.4, 0.5) is 13.2 Å². The number of alkyl halides is 3. The van der Waals surface area contributed by atoms with Gasteiger partial charge in [0.1, 0.15) is 11.9 Å². The molecule has 2 unspecified atom stereocenters. The Kier molecular flexibility index (Phi) is 4.38. The summed E-state index contributed by atoms with van der Waals surface area (Å²) in [5.41, 5.74) is 2.86. The van der Waals surface area contributed by atoms with E-state index in [0.717, 1.165) is 12.1 Å². The highest BCUT2D eigenvalue weighted by atomic mass is 19.4. The fraction of sp³-hybridized carbons (Fsp3) is 0.364. The number of rotatable bonds is 4. The van der Waals surface area contributed by atoms with E-state index in [4.69, 9.17) is 10.8 Å². The van der Waals surface area contributed by atoms with Crippen molar-refractivity contribution in [2.75, 3.05) is 0 Å². The zero-order valence-electron chi connectivity index (χ0n) is 9.55. The summed E-state index contributed by atoms with van der Waals surface area (Å²) >= 11 is 0. The Morgan fingerprint density at radius 3 is 2.37 bits per heavy atom. The lowest BCUT2D eigenvalue weighted by Crippen LogP contribution is -2.27. The Morgan fingerprint density at radius 1 is 1.32 bits per heavy atom. The Balaban J connectivity index is 3.16. The van der Waals surface area contributed by atoms with Crippen molar-refractivity contribution in [3.8, 4) is 5.75 Å². The van der Waals surface area contributed by atoms with E-state index in [-0.39, 0.29) is 0 Å². The third kappa shape index (κ3) is 3.83. The van der Waals surface area contributed by atoms with E-state index in [2.05, 4.69) is 0 Å². The van der Waals surface area contributed by atoms with Gasteiger partial charge in [-0.05, 0) is 17.7 Å². The van der Waals surface area contributed by atoms with Gasteiger partial charge in [0.15, 0.2) is 0 Å². The average Bonchev–Trinajstić information content (AvgIpc) is 2.25. The molecule has 1 rings (SSSR count). The quantitative estimate of drug-likeness (QED) is 0.650. The lowest BCUT2D eigenvalue weighted by molar-refractivity contribution is -0.140. The third-order valence-corrected chi connectivity index (χ3v) is 2.44. The number of carbonyl (C=O) groups is 1. The van der Waals surface area contributed by atoms with Crippen LogP contribution < -0.4 is 5.73 Å². The summed E-state index contributed by atoms with van der Waals surface area (Å²) in [7, 11) is 0. The highest BCUT2D eigenvalue weighted by molar-refractivity contribution is 5.74. The molecule has 0 aliphatic heterocycles. The highest BCUT2D eigenvalue weighted by Gasteiger charge is 2.37. The topological polar surface area (TPSA) is 104 Å². The summed E-state index contributed by atoms with van der Waals surface area (Å²) in [6.07, 6.45) is -9.20. The number of aliphatic hydroxyl groups is 2. The number of carbonyl (C=O) groups excluding carboxylic acids is 1. The largest absolute Gasteiger partial charge is 0.508 e. The van der Waals surface area contributed by atoms with E-state index in [1.165, 1.54) is 0 Å².